The predicted octanol–water partition coefficient (Wildman–Crippen LogP) is 1.37. The molecule has 0 aromatic carbocycles. The van der Waals surface area contributed by atoms with Crippen LogP contribution < -0.4 is 5.32 Å². The number of hydrogen-bond donors (Lipinski definition) is 2. The third-order valence-electron chi connectivity index (χ3n) is 4.23. The number of nitrogens with zero attached hydrogens (tertiary/aromatic N) is 2. The molecule has 0 saturated carbocycles. The lowest BCUT2D eigenvalue weighted by Crippen LogP contribution is -2.56. The molecule has 6 nitrogen and oxygen atoms in total. The monoisotopic (exact) mass is 285 g/mol. The summed E-state index contributed by atoms with van der Waals surface area (Å²) < 4.78 is 0. The number of carboxylic acid groups (broad SMARTS) is 1. The second-order valence-corrected chi connectivity index (χ2v) is 5.84. The van der Waals surface area contributed by atoms with Gasteiger partial charge in [0.2, 0.25) is 0 Å². The Hall–Kier alpha value is -1.30. The standard InChI is InChI=1S/C14H27N3O3/c1-5-7-14(12(18)19)8-6-9-17(14)13(20)15-10-11(2)16(3)4/h11H,5-10H2,1-4H3,(H,15,20)(H,18,19). The Morgan fingerprint density at radius 2 is 2.10 bits per heavy atom. The Balaban J connectivity index is 2.72. The molecular formula is C14H27N3O3. The number of likely N-dealkylation sites (tertiary alicyclic amines) is 1. The maximum absolute atomic E-state index is 12.3. The molecular weight excluding hydrogens is 258 g/mol. The minimum atomic E-state index is -1.01. The summed E-state index contributed by atoms with van der Waals surface area (Å²) in [5.74, 6) is -0.882. The van der Waals surface area contributed by atoms with Crippen molar-refractivity contribution in [1.29, 1.82) is 0 Å². The number of likely N-dealkylation sites (N-methyl/N-ethyl adjacent to an activating group) is 1. The first kappa shape index (κ1) is 16.8. The van der Waals surface area contributed by atoms with Crippen molar-refractivity contribution < 1.29 is 14.7 Å². The van der Waals surface area contributed by atoms with Crippen LogP contribution in [0.2, 0.25) is 0 Å². The first-order chi connectivity index (χ1) is 9.35. The molecule has 2 N–H and O–H groups in total. The largest absolute Gasteiger partial charge is 0.479 e. The molecule has 2 atom stereocenters. The van der Waals surface area contributed by atoms with Crippen molar-refractivity contribution in [2.24, 2.45) is 0 Å². The van der Waals surface area contributed by atoms with Gasteiger partial charge in [-0.2, -0.15) is 0 Å². The van der Waals surface area contributed by atoms with Gasteiger partial charge in [-0.3, -0.25) is 0 Å². The predicted molar refractivity (Wildman–Crippen MR) is 77.8 cm³/mol. The summed E-state index contributed by atoms with van der Waals surface area (Å²) in [6.45, 7) is 5.01. The topological polar surface area (TPSA) is 72.9 Å². The fourth-order valence-corrected chi connectivity index (χ4v) is 2.69. The molecule has 0 aromatic rings. The zero-order chi connectivity index (χ0) is 15.3. The summed E-state index contributed by atoms with van der Waals surface area (Å²) in [7, 11) is 3.90. The normalized spacial score (nSPS) is 23.9. The minimum absolute atomic E-state index is 0.215. The zero-order valence-corrected chi connectivity index (χ0v) is 13.0. The quantitative estimate of drug-likeness (QED) is 0.773. The molecule has 6 heteroatoms. The molecule has 2 unspecified atom stereocenters. The average molecular weight is 285 g/mol. The van der Waals surface area contributed by atoms with Gasteiger partial charge in [0.05, 0.1) is 0 Å². The van der Waals surface area contributed by atoms with Gasteiger partial charge in [0.25, 0.3) is 0 Å². The molecule has 1 heterocycles. The lowest BCUT2D eigenvalue weighted by Gasteiger charge is -2.35. The van der Waals surface area contributed by atoms with Gasteiger partial charge in [0.1, 0.15) is 5.54 Å². The Morgan fingerprint density at radius 3 is 2.60 bits per heavy atom. The summed E-state index contributed by atoms with van der Waals surface area (Å²) in [6, 6.07) is -0.0426. The van der Waals surface area contributed by atoms with E-state index in [0.29, 0.717) is 25.9 Å². The third kappa shape index (κ3) is 3.42. The average Bonchev–Trinajstić information content (AvgIpc) is 2.81. The van der Waals surface area contributed by atoms with Crippen molar-refractivity contribution in [2.45, 2.75) is 51.1 Å². The maximum Gasteiger partial charge on any atom is 0.329 e. The Kier molecular flexibility index (Phi) is 5.80. The van der Waals surface area contributed by atoms with Gasteiger partial charge >= 0.3 is 12.0 Å². The lowest BCUT2D eigenvalue weighted by atomic mass is 9.91. The van der Waals surface area contributed by atoms with E-state index < -0.39 is 11.5 Å². The highest BCUT2D eigenvalue weighted by molar-refractivity contribution is 5.87. The van der Waals surface area contributed by atoms with Crippen LogP contribution in [-0.4, -0.2) is 65.7 Å². The molecule has 1 aliphatic rings. The summed E-state index contributed by atoms with van der Waals surface area (Å²) in [4.78, 5) is 27.5. The van der Waals surface area contributed by atoms with Crippen LogP contribution in [0.4, 0.5) is 4.79 Å². The third-order valence-corrected chi connectivity index (χ3v) is 4.23. The molecule has 0 radical (unpaired) electrons. The van der Waals surface area contributed by atoms with E-state index in [1.807, 2.05) is 32.8 Å². The van der Waals surface area contributed by atoms with Crippen LogP contribution in [-0.2, 0) is 4.79 Å². The van der Waals surface area contributed by atoms with Crippen LogP contribution in [0.3, 0.4) is 0 Å². The molecule has 0 aliphatic carbocycles. The van der Waals surface area contributed by atoms with Gasteiger partial charge in [0.15, 0.2) is 0 Å². The first-order valence-corrected chi connectivity index (χ1v) is 7.30. The number of aliphatic carboxylic acids is 1. The second kappa shape index (κ2) is 6.92. The van der Waals surface area contributed by atoms with E-state index in [1.54, 1.807) is 0 Å². The van der Waals surface area contributed by atoms with E-state index >= 15 is 0 Å². The van der Waals surface area contributed by atoms with Gasteiger partial charge in [-0.1, -0.05) is 13.3 Å². The van der Waals surface area contributed by atoms with Crippen molar-refractivity contribution in [3.8, 4) is 0 Å². The number of hydrogen-bond acceptors (Lipinski definition) is 3. The molecule has 2 amide bonds. The van der Waals surface area contributed by atoms with Crippen LogP contribution in [0.5, 0.6) is 0 Å². The highest BCUT2D eigenvalue weighted by Crippen LogP contribution is 2.34. The van der Waals surface area contributed by atoms with Gasteiger partial charge in [-0.25, -0.2) is 9.59 Å². The van der Waals surface area contributed by atoms with E-state index in [1.165, 1.54) is 4.90 Å². The molecule has 0 aromatic heterocycles. The molecule has 1 rings (SSSR count). The molecule has 20 heavy (non-hydrogen) atoms. The van der Waals surface area contributed by atoms with Gasteiger partial charge in [-0.15, -0.1) is 0 Å². The molecule has 1 aliphatic heterocycles. The summed E-state index contributed by atoms with van der Waals surface area (Å²) in [6.07, 6.45) is 2.57. The lowest BCUT2D eigenvalue weighted by molar-refractivity contribution is -0.148. The number of urea groups is 1. The van der Waals surface area contributed by atoms with E-state index in [-0.39, 0.29) is 12.1 Å². The second-order valence-electron chi connectivity index (χ2n) is 5.84. The van der Waals surface area contributed by atoms with E-state index in [2.05, 4.69) is 5.32 Å². The van der Waals surface area contributed by atoms with Gasteiger partial charge < -0.3 is 20.2 Å². The molecule has 1 saturated heterocycles. The molecule has 0 spiro atoms. The van der Waals surface area contributed by atoms with Crippen LogP contribution >= 0.6 is 0 Å². The highest BCUT2D eigenvalue weighted by atomic mass is 16.4. The summed E-state index contributed by atoms with van der Waals surface area (Å²) in [5.41, 5.74) is -1.01. The number of amides is 2. The van der Waals surface area contributed by atoms with Crippen LogP contribution in [0.1, 0.15) is 39.5 Å². The van der Waals surface area contributed by atoms with Gasteiger partial charge in [-0.05, 0) is 40.3 Å². The number of carbonyl (C=O) groups excluding carboxylic acids is 1. The SMILES string of the molecule is CCCC1(C(=O)O)CCCN1C(=O)NCC(C)N(C)C. The maximum atomic E-state index is 12.3. The van der Waals surface area contributed by atoms with E-state index in [4.69, 9.17) is 0 Å². The number of carboxylic acids is 1. The smallest absolute Gasteiger partial charge is 0.329 e. The van der Waals surface area contributed by atoms with Crippen molar-refractivity contribution >= 4 is 12.0 Å². The fourth-order valence-electron chi connectivity index (χ4n) is 2.69. The van der Waals surface area contributed by atoms with Crippen molar-refractivity contribution in [3.05, 3.63) is 0 Å². The molecule has 1 fully saturated rings. The van der Waals surface area contributed by atoms with Crippen LogP contribution in [0.25, 0.3) is 0 Å². The molecule has 0 bridgehead atoms. The van der Waals surface area contributed by atoms with E-state index in [0.717, 1.165) is 12.8 Å². The minimum Gasteiger partial charge on any atom is -0.479 e. The van der Waals surface area contributed by atoms with Crippen LogP contribution in [0.15, 0.2) is 0 Å². The van der Waals surface area contributed by atoms with Crippen molar-refractivity contribution in [3.63, 3.8) is 0 Å². The Morgan fingerprint density at radius 1 is 1.45 bits per heavy atom. The summed E-state index contributed by atoms with van der Waals surface area (Å²) >= 11 is 0. The first-order valence-electron chi connectivity index (χ1n) is 7.30. The van der Waals surface area contributed by atoms with Crippen LogP contribution in [0, 0.1) is 0 Å². The fraction of sp³-hybridized carbons (Fsp3) is 0.857. The Labute approximate surface area is 121 Å². The van der Waals surface area contributed by atoms with E-state index in [9.17, 15) is 14.7 Å². The number of nitrogens with one attached hydrogen (secondary N) is 1. The van der Waals surface area contributed by atoms with Crippen molar-refractivity contribution in [2.75, 3.05) is 27.2 Å². The Bertz CT molecular complexity index is 360. The van der Waals surface area contributed by atoms with Crippen molar-refractivity contribution in [1.82, 2.24) is 15.1 Å². The number of rotatable bonds is 6. The highest BCUT2D eigenvalue weighted by Gasteiger charge is 2.49. The zero-order valence-electron chi connectivity index (χ0n) is 13.0. The van der Waals surface area contributed by atoms with Gasteiger partial charge in [0, 0.05) is 19.1 Å². The molecule has 116 valence electrons. The summed E-state index contributed by atoms with van der Waals surface area (Å²) in [5, 5.41) is 12.4. The number of carbonyl (C=O) groups is 2.